The van der Waals surface area contributed by atoms with Crippen LogP contribution in [0.2, 0.25) is 19.6 Å². The third-order valence-corrected chi connectivity index (χ3v) is 9.71. The Labute approximate surface area is 268 Å². The number of pyridine rings is 2. The Morgan fingerprint density at radius 3 is 1.71 bits per heavy atom. The average molecular weight is 747 g/mol. The largest absolute Gasteiger partial charge is 0.305 e. The van der Waals surface area contributed by atoms with E-state index in [0.29, 0.717) is 5.92 Å². The van der Waals surface area contributed by atoms with Crippen molar-refractivity contribution in [2.24, 2.45) is 5.41 Å². The first-order valence-electron chi connectivity index (χ1n) is 14.4. The summed E-state index contributed by atoms with van der Waals surface area (Å²) in [6.07, 6.45) is 4.07. The maximum atomic E-state index is 4.74. The number of nitrogens with zero attached hydrogens (tertiary/aromatic N) is 2. The fraction of sp³-hybridized carbons (Fsp3) is 0.263. The number of hydrogen-bond acceptors (Lipinski definition) is 2. The fourth-order valence-corrected chi connectivity index (χ4v) is 6.40. The molecule has 0 saturated carbocycles. The van der Waals surface area contributed by atoms with Crippen LogP contribution in [-0.4, -0.2) is 18.0 Å². The summed E-state index contributed by atoms with van der Waals surface area (Å²) in [5, 5.41) is 1.48. The van der Waals surface area contributed by atoms with Crippen molar-refractivity contribution >= 4 is 13.3 Å². The van der Waals surface area contributed by atoms with Gasteiger partial charge in [0.05, 0.1) is 8.07 Å². The van der Waals surface area contributed by atoms with Gasteiger partial charge in [0.2, 0.25) is 0 Å². The summed E-state index contributed by atoms with van der Waals surface area (Å²) in [6, 6.07) is 37.3. The van der Waals surface area contributed by atoms with E-state index in [0.717, 1.165) is 22.5 Å². The van der Waals surface area contributed by atoms with Crippen LogP contribution in [0.4, 0.5) is 0 Å². The van der Waals surface area contributed by atoms with Gasteiger partial charge in [-0.1, -0.05) is 95.4 Å². The van der Waals surface area contributed by atoms with E-state index >= 15 is 0 Å². The molecule has 0 N–H and O–H groups in total. The second-order valence-corrected chi connectivity index (χ2v) is 17.8. The van der Waals surface area contributed by atoms with Crippen molar-refractivity contribution < 1.29 is 20.1 Å². The SMILES string of the molecule is CC(c1cc(-c2[c-]cccc2)ncc1[Si](C)(C)C)C(C)(C)C.Cc1cc(-c2[c-]cccc2)ncc1-c1ccccc1.[Ir]. The molecule has 0 aliphatic carbocycles. The molecule has 0 spiro atoms. The van der Waals surface area contributed by atoms with Gasteiger partial charge in [-0.05, 0) is 46.0 Å². The number of aromatic nitrogens is 2. The zero-order chi connectivity index (χ0) is 29.6. The molecule has 4 heteroatoms. The number of benzene rings is 3. The van der Waals surface area contributed by atoms with Crippen LogP contribution in [-0.2, 0) is 20.1 Å². The van der Waals surface area contributed by atoms with Crippen LogP contribution in [0, 0.1) is 24.5 Å². The molecule has 5 aromatic rings. The quantitative estimate of drug-likeness (QED) is 0.132. The fourth-order valence-electron chi connectivity index (χ4n) is 4.80. The maximum absolute atomic E-state index is 4.74. The van der Waals surface area contributed by atoms with E-state index in [1.165, 1.54) is 27.4 Å². The Hall–Kier alpha value is -3.17. The third-order valence-electron chi connectivity index (χ3n) is 7.68. The zero-order valence-corrected chi connectivity index (χ0v) is 29.5. The number of rotatable bonds is 5. The average Bonchev–Trinajstić information content (AvgIpc) is 2.97. The van der Waals surface area contributed by atoms with E-state index in [1.807, 2.05) is 66.9 Å². The molecule has 5 rings (SSSR count). The van der Waals surface area contributed by atoms with Gasteiger partial charge < -0.3 is 9.97 Å². The Morgan fingerprint density at radius 2 is 1.24 bits per heavy atom. The molecule has 0 aliphatic rings. The second kappa shape index (κ2) is 14.3. The number of aryl methyl sites for hydroxylation is 1. The van der Waals surface area contributed by atoms with Crippen molar-refractivity contribution in [3.05, 3.63) is 127 Å². The summed E-state index contributed by atoms with van der Waals surface area (Å²) in [5.41, 5.74) is 9.44. The topological polar surface area (TPSA) is 25.8 Å². The van der Waals surface area contributed by atoms with E-state index in [2.05, 4.69) is 108 Å². The standard InChI is InChI=1S/C20H28NSi.C18H14N.Ir/c1-15(20(2,3)4)17-13-18(16-11-9-8-10-12-16)21-14-19(17)22(5,6)7;1-14-12-18(16-10-6-3-7-11-16)19-13-17(14)15-8-4-2-5-9-15;/h8-11,13-15H,1-7H3;2-10,12-13H,1H3;/q2*-1;. The van der Waals surface area contributed by atoms with Crippen LogP contribution in [0.3, 0.4) is 0 Å². The van der Waals surface area contributed by atoms with Gasteiger partial charge >= 0.3 is 0 Å². The Balaban J connectivity index is 0.000000227. The van der Waals surface area contributed by atoms with Crippen LogP contribution in [0.1, 0.15) is 44.7 Å². The molecule has 219 valence electrons. The maximum Gasteiger partial charge on any atom is 0.0799 e. The normalized spacial score (nSPS) is 12.0. The van der Waals surface area contributed by atoms with Gasteiger partial charge in [-0.3, -0.25) is 0 Å². The summed E-state index contributed by atoms with van der Waals surface area (Å²) in [6.45, 7) is 18.6. The van der Waals surface area contributed by atoms with Gasteiger partial charge in [0.15, 0.2) is 0 Å². The van der Waals surface area contributed by atoms with Gasteiger partial charge in [-0.15, -0.1) is 71.8 Å². The molecular formula is C38H42IrN2Si-2. The summed E-state index contributed by atoms with van der Waals surface area (Å²) >= 11 is 0. The molecule has 1 unspecified atom stereocenters. The molecule has 1 radical (unpaired) electrons. The van der Waals surface area contributed by atoms with E-state index in [1.54, 1.807) is 0 Å². The van der Waals surface area contributed by atoms with Gasteiger partial charge in [-0.2, -0.15) is 0 Å². The van der Waals surface area contributed by atoms with E-state index in [9.17, 15) is 0 Å². The van der Waals surface area contributed by atoms with Crippen LogP contribution in [0.15, 0.2) is 103 Å². The van der Waals surface area contributed by atoms with Gasteiger partial charge in [0.1, 0.15) is 0 Å². The second-order valence-electron chi connectivity index (χ2n) is 12.8. The van der Waals surface area contributed by atoms with Crippen molar-refractivity contribution in [3.63, 3.8) is 0 Å². The van der Waals surface area contributed by atoms with Crippen LogP contribution < -0.4 is 5.19 Å². The van der Waals surface area contributed by atoms with E-state index < -0.39 is 8.07 Å². The first-order valence-corrected chi connectivity index (χ1v) is 17.9. The van der Waals surface area contributed by atoms with Crippen molar-refractivity contribution in [1.82, 2.24) is 9.97 Å². The molecule has 0 fully saturated rings. The minimum absolute atomic E-state index is 0. The molecule has 1 atom stereocenters. The Bertz CT molecular complexity index is 1550. The van der Waals surface area contributed by atoms with E-state index in [-0.39, 0.29) is 25.5 Å². The Morgan fingerprint density at radius 1 is 0.714 bits per heavy atom. The molecule has 2 heterocycles. The monoisotopic (exact) mass is 747 g/mol. The van der Waals surface area contributed by atoms with Crippen molar-refractivity contribution in [1.29, 1.82) is 0 Å². The Kier molecular flexibility index (Phi) is 11.4. The predicted octanol–water partition coefficient (Wildman–Crippen LogP) is 9.77. The molecule has 3 aromatic carbocycles. The first-order chi connectivity index (χ1) is 19.4. The zero-order valence-electron chi connectivity index (χ0n) is 26.1. The van der Waals surface area contributed by atoms with Crippen LogP contribution >= 0.6 is 0 Å². The summed E-state index contributed by atoms with van der Waals surface area (Å²) in [7, 11) is -1.42. The van der Waals surface area contributed by atoms with Crippen LogP contribution in [0.5, 0.6) is 0 Å². The first kappa shape index (κ1) is 33.3. The van der Waals surface area contributed by atoms with Gasteiger partial charge in [0, 0.05) is 38.1 Å². The van der Waals surface area contributed by atoms with Crippen molar-refractivity contribution in [3.8, 4) is 33.6 Å². The van der Waals surface area contributed by atoms with Crippen LogP contribution in [0.25, 0.3) is 33.6 Å². The summed E-state index contributed by atoms with van der Waals surface area (Å²) in [4.78, 5) is 9.30. The molecule has 0 bridgehead atoms. The number of hydrogen-bond donors (Lipinski definition) is 0. The molecular weight excluding hydrogens is 705 g/mol. The molecule has 2 aromatic heterocycles. The van der Waals surface area contributed by atoms with Crippen molar-refractivity contribution in [2.75, 3.05) is 0 Å². The molecule has 0 aliphatic heterocycles. The predicted molar refractivity (Wildman–Crippen MR) is 178 cm³/mol. The summed E-state index contributed by atoms with van der Waals surface area (Å²) < 4.78 is 0. The minimum Gasteiger partial charge on any atom is -0.305 e. The van der Waals surface area contributed by atoms with Gasteiger partial charge in [-0.25, -0.2) is 0 Å². The molecule has 0 saturated heterocycles. The third kappa shape index (κ3) is 8.44. The molecule has 2 nitrogen and oxygen atoms in total. The smallest absolute Gasteiger partial charge is 0.0799 e. The molecule has 42 heavy (non-hydrogen) atoms. The van der Waals surface area contributed by atoms with Gasteiger partial charge in [0.25, 0.3) is 0 Å². The summed E-state index contributed by atoms with van der Waals surface area (Å²) in [5.74, 6) is 0.500. The molecule has 0 amide bonds. The van der Waals surface area contributed by atoms with Crippen molar-refractivity contribution in [2.45, 2.75) is 60.2 Å². The van der Waals surface area contributed by atoms with E-state index in [4.69, 9.17) is 4.98 Å². The minimum atomic E-state index is -1.42.